The van der Waals surface area contributed by atoms with Gasteiger partial charge < -0.3 is 10.1 Å². The first kappa shape index (κ1) is 15.9. The van der Waals surface area contributed by atoms with Gasteiger partial charge in [-0.05, 0) is 47.2 Å². The lowest BCUT2D eigenvalue weighted by Crippen LogP contribution is -2.18. The molecule has 3 aromatic rings. The average molecular weight is 329 g/mol. The lowest BCUT2D eigenvalue weighted by atomic mass is 10.1. The average Bonchev–Trinajstić information content (AvgIpc) is 3.10. The van der Waals surface area contributed by atoms with E-state index in [0.717, 1.165) is 12.3 Å². The normalized spacial score (nSPS) is 15.8. The fourth-order valence-electron chi connectivity index (χ4n) is 3.45. The predicted octanol–water partition coefficient (Wildman–Crippen LogP) is 5.04. The predicted molar refractivity (Wildman–Crippen MR) is 102 cm³/mol. The van der Waals surface area contributed by atoms with Crippen LogP contribution in [0.5, 0.6) is 5.75 Å². The van der Waals surface area contributed by atoms with Crippen molar-refractivity contribution >= 4 is 0 Å². The lowest BCUT2D eigenvalue weighted by Gasteiger charge is -2.14. The maximum Gasteiger partial charge on any atom is 0.119 e. The fraction of sp³-hybridized carbons (Fsp3) is 0.217. The molecule has 1 unspecified atom stereocenters. The standard InChI is InChI=1S/C23H23NO/c1-2-6-19(7-3-1)17-25-21-13-10-18(11-14-21)16-24-23-15-12-20-8-4-5-9-22(20)23/h1-11,13-14,23-24H,12,15-17H2. The zero-order chi connectivity index (χ0) is 16.9. The molecule has 0 saturated carbocycles. The van der Waals surface area contributed by atoms with Crippen molar-refractivity contribution in [2.75, 3.05) is 0 Å². The highest BCUT2D eigenvalue weighted by Crippen LogP contribution is 2.30. The Balaban J connectivity index is 1.31. The summed E-state index contributed by atoms with van der Waals surface area (Å²) in [6.45, 7) is 1.50. The minimum absolute atomic E-state index is 0.477. The van der Waals surface area contributed by atoms with Gasteiger partial charge in [0.1, 0.15) is 12.4 Å². The minimum Gasteiger partial charge on any atom is -0.489 e. The third-order valence-electron chi connectivity index (χ3n) is 4.86. The summed E-state index contributed by atoms with van der Waals surface area (Å²) in [5, 5.41) is 3.69. The molecule has 0 amide bonds. The second-order valence-electron chi connectivity index (χ2n) is 6.59. The van der Waals surface area contributed by atoms with Crippen molar-refractivity contribution in [2.24, 2.45) is 0 Å². The van der Waals surface area contributed by atoms with E-state index in [0.29, 0.717) is 12.6 Å². The Morgan fingerprint density at radius 2 is 1.56 bits per heavy atom. The van der Waals surface area contributed by atoms with Crippen molar-refractivity contribution in [1.29, 1.82) is 0 Å². The summed E-state index contributed by atoms with van der Waals surface area (Å²) >= 11 is 0. The Morgan fingerprint density at radius 1 is 0.800 bits per heavy atom. The van der Waals surface area contributed by atoms with Crippen LogP contribution in [0.2, 0.25) is 0 Å². The van der Waals surface area contributed by atoms with Gasteiger partial charge in [0.2, 0.25) is 0 Å². The smallest absolute Gasteiger partial charge is 0.119 e. The molecule has 1 aliphatic carbocycles. The van der Waals surface area contributed by atoms with E-state index in [1.807, 2.05) is 18.2 Å². The van der Waals surface area contributed by atoms with Crippen LogP contribution in [0.1, 0.15) is 34.7 Å². The Hall–Kier alpha value is -2.58. The molecule has 3 aromatic carbocycles. The zero-order valence-corrected chi connectivity index (χ0v) is 14.3. The van der Waals surface area contributed by atoms with E-state index >= 15 is 0 Å². The third kappa shape index (κ3) is 3.92. The van der Waals surface area contributed by atoms with Crippen molar-refractivity contribution in [3.8, 4) is 5.75 Å². The van der Waals surface area contributed by atoms with Crippen LogP contribution in [-0.2, 0) is 19.6 Å². The number of ether oxygens (including phenoxy) is 1. The summed E-state index contributed by atoms with van der Waals surface area (Å²) in [5.41, 5.74) is 5.43. The largest absolute Gasteiger partial charge is 0.489 e. The monoisotopic (exact) mass is 329 g/mol. The molecule has 0 saturated heterocycles. The maximum absolute atomic E-state index is 5.85. The first-order valence-corrected chi connectivity index (χ1v) is 8.95. The summed E-state index contributed by atoms with van der Waals surface area (Å²) in [6, 6.07) is 27.9. The van der Waals surface area contributed by atoms with Gasteiger partial charge in [0.15, 0.2) is 0 Å². The van der Waals surface area contributed by atoms with Gasteiger partial charge in [-0.15, -0.1) is 0 Å². The number of rotatable bonds is 6. The van der Waals surface area contributed by atoms with Gasteiger partial charge in [-0.3, -0.25) is 0 Å². The summed E-state index contributed by atoms with van der Waals surface area (Å²) in [6.07, 6.45) is 2.37. The van der Waals surface area contributed by atoms with Gasteiger partial charge in [-0.1, -0.05) is 66.7 Å². The molecule has 4 rings (SSSR count). The fourth-order valence-corrected chi connectivity index (χ4v) is 3.45. The van der Waals surface area contributed by atoms with Crippen molar-refractivity contribution in [3.05, 3.63) is 101 Å². The quantitative estimate of drug-likeness (QED) is 0.684. The van der Waals surface area contributed by atoms with Gasteiger partial charge in [-0.2, -0.15) is 0 Å². The van der Waals surface area contributed by atoms with Gasteiger partial charge in [0.25, 0.3) is 0 Å². The molecule has 0 radical (unpaired) electrons. The van der Waals surface area contributed by atoms with E-state index in [1.165, 1.54) is 35.1 Å². The maximum atomic E-state index is 5.85. The van der Waals surface area contributed by atoms with E-state index in [4.69, 9.17) is 4.74 Å². The molecule has 25 heavy (non-hydrogen) atoms. The molecule has 1 N–H and O–H groups in total. The third-order valence-corrected chi connectivity index (χ3v) is 4.86. The summed E-state index contributed by atoms with van der Waals surface area (Å²) in [7, 11) is 0. The zero-order valence-electron chi connectivity index (χ0n) is 14.3. The minimum atomic E-state index is 0.477. The number of hydrogen-bond donors (Lipinski definition) is 1. The van der Waals surface area contributed by atoms with E-state index in [-0.39, 0.29) is 0 Å². The van der Waals surface area contributed by atoms with E-state index < -0.39 is 0 Å². The van der Waals surface area contributed by atoms with Crippen molar-refractivity contribution < 1.29 is 4.74 Å². The SMILES string of the molecule is c1ccc(COc2ccc(CNC3CCc4ccccc43)cc2)cc1. The Morgan fingerprint density at radius 3 is 2.40 bits per heavy atom. The highest BCUT2D eigenvalue weighted by molar-refractivity contribution is 5.34. The molecule has 126 valence electrons. The van der Waals surface area contributed by atoms with E-state index in [1.54, 1.807) is 0 Å². The van der Waals surface area contributed by atoms with Crippen LogP contribution in [-0.4, -0.2) is 0 Å². The molecule has 2 heteroatoms. The van der Waals surface area contributed by atoms with Crippen LogP contribution in [0.25, 0.3) is 0 Å². The molecule has 0 bridgehead atoms. The van der Waals surface area contributed by atoms with Crippen LogP contribution >= 0.6 is 0 Å². The van der Waals surface area contributed by atoms with Crippen molar-refractivity contribution in [1.82, 2.24) is 5.32 Å². The second-order valence-corrected chi connectivity index (χ2v) is 6.59. The Bertz CT molecular complexity index is 811. The van der Waals surface area contributed by atoms with Crippen LogP contribution in [0.15, 0.2) is 78.9 Å². The van der Waals surface area contributed by atoms with Crippen molar-refractivity contribution in [2.45, 2.75) is 32.0 Å². The number of fused-ring (bicyclic) bond motifs is 1. The molecule has 0 spiro atoms. The molecule has 2 nitrogen and oxygen atoms in total. The first-order valence-electron chi connectivity index (χ1n) is 8.95. The summed E-state index contributed by atoms with van der Waals surface area (Å²) in [5.74, 6) is 0.916. The molecule has 1 aliphatic rings. The van der Waals surface area contributed by atoms with Crippen LogP contribution < -0.4 is 10.1 Å². The molecular weight excluding hydrogens is 306 g/mol. The van der Waals surface area contributed by atoms with Gasteiger partial charge >= 0.3 is 0 Å². The van der Waals surface area contributed by atoms with Gasteiger partial charge in [-0.25, -0.2) is 0 Å². The first-order chi connectivity index (χ1) is 12.4. The highest BCUT2D eigenvalue weighted by atomic mass is 16.5. The molecular formula is C23H23NO. The van der Waals surface area contributed by atoms with Crippen LogP contribution in [0, 0.1) is 0 Å². The van der Waals surface area contributed by atoms with Crippen LogP contribution in [0.3, 0.4) is 0 Å². The number of hydrogen-bond acceptors (Lipinski definition) is 2. The molecule has 0 aliphatic heterocycles. The topological polar surface area (TPSA) is 21.3 Å². The highest BCUT2D eigenvalue weighted by Gasteiger charge is 2.20. The van der Waals surface area contributed by atoms with Crippen molar-refractivity contribution in [3.63, 3.8) is 0 Å². The van der Waals surface area contributed by atoms with Gasteiger partial charge in [0, 0.05) is 12.6 Å². The van der Waals surface area contributed by atoms with Gasteiger partial charge in [0.05, 0.1) is 0 Å². The van der Waals surface area contributed by atoms with E-state index in [9.17, 15) is 0 Å². The molecule has 1 atom stereocenters. The number of nitrogens with one attached hydrogen (secondary N) is 1. The molecule has 0 heterocycles. The molecule has 0 aromatic heterocycles. The lowest BCUT2D eigenvalue weighted by molar-refractivity contribution is 0.306. The van der Waals surface area contributed by atoms with Crippen LogP contribution in [0.4, 0.5) is 0 Å². The molecule has 0 fully saturated rings. The van der Waals surface area contributed by atoms with E-state index in [2.05, 4.69) is 66.0 Å². The summed E-state index contributed by atoms with van der Waals surface area (Å²) in [4.78, 5) is 0. The Labute approximate surface area is 149 Å². The summed E-state index contributed by atoms with van der Waals surface area (Å²) < 4.78 is 5.85. The number of aryl methyl sites for hydroxylation is 1. The number of benzene rings is 3. The second kappa shape index (κ2) is 7.54. The Kier molecular flexibility index (Phi) is 4.80.